The van der Waals surface area contributed by atoms with E-state index in [4.69, 9.17) is 4.42 Å². The van der Waals surface area contributed by atoms with Crippen molar-refractivity contribution in [1.29, 1.82) is 0 Å². The van der Waals surface area contributed by atoms with Gasteiger partial charge in [0.05, 0.1) is 6.54 Å². The van der Waals surface area contributed by atoms with Gasteiger partial charge in [-0.1, -0.05) is 29.8 Å². The molecule has 0 unspecified atom stereocenters. The van der Waals surface area contributed by atoms with Crippen molar-refractivity contribution < 1.29 is 4.42 Å². The molecular formula is C13H16BrNO. The summed E-state index contributed by atoms with van der Waals surface area (Å²) in [6.07, 6.45) is 0. The Morgan fingerprint density at radius 1 is 1.31 bits per heavy atom. The third kappa shape index (κ3) is 2.47. The van der Waals surface area contributed by atoms with Crippen LogP contribution in [0.1, 0.15) is 25.2 Å². The molecule has 0 aliphatic heterocycles. The first-order valence-corrected chi connectivity index (χ1v) is 6.27. The fourth-order valence-electron chi connectivity index (χ4n) is 1.73. The van der Waals surface area contributed by atoms with Gasteiger partial charge in [0, 0.05) is 15.9 Å². The smallest absolute Gasteiger partial charge is 0.137 e. The molecule has 2 nitrogen and oxygen atoms in total. The van der Waals surface area contributed by atoms with Gasteiger partial charge >= 0.3 is 0 Å². The van der Waals surface area contributed by atoms with Crippen molar-refractivity contribution in [1.82, 2.24) is 5.32 Å². The number of nitrogens with one attached hydrogen (secondary N) is 1. The molecule has 1 aromatic heterocycles. The molecule has 0 aliphatic carbocycles. The first-order valence-electron chi connectivity index (χ1n) is 5.48. The average Bonchev–Trinajstić information content (AvgIpc) is 2.57. The summed E-state index contributed by atoms with van der Waals surface area (Å²) in [4.78, 5) is 0. The monoisotopic (exact) mass is 281 g/mol. The fraction of sp³-hybridized carbons (Fsp3) is 0.385. The van der Waals surface area contributed by atoms with Crippen LogP contribution in [0, 0.1) is 6.92 Å². The molecule has 2 aromatic rings. The minimum absolute atomic E-state index is 0.473. The minimum Gasteiger partial charge on any atom is -0.459 e. The van der Waals surface area contributed by atoms with Gasteiger partial charge < -0.3 is 9.73 Å². The van der Waals surface area contributed by atoms with Gasteiger partial charge in [-0.25, -0.2) is 0 Å². The highest BCUT2D eigenvalue weighted by atomic mass is 79.9. The highest BCUT2D eigenvalue weighted by Gasteiger charge is 2.07. The minimum atomic E-state index is 0.473. The highest BCUT2D eigenvalue weighted by Crippen LogP contribution is 2.26. The van der Waals surface area contributed by atoms with Crippen LogP contribution in [0.5, 0.6) is 0 Å². The molecule has 86 valence electrons. The Morgan fingerprint density at radius 2 is 2.06 bits per heavy atom. The second-order valence-corrected chi connectivity index (χ2v) is 5.31. The molecular weight excluding hydrogens is 266 g/mol. The van der Waals surface area contributed by atoms with Crippen LogP contribution in [0.2, 0.25) is 0 Å². The van der Waals surface area contributed by atoms with Crippen LogP contribution in [0.4, 0.5) is 0 Å². The standard InChI is InChI=1S/C13H16BrNO/c1-8(2)15-7-12-6-10-5-11(14)4-9(3)13(10)16-12/h4-6,8,15H,7H2,1-3H3. The van der Waals surface area contributed by atoms with Crippen LogP contribution in [-0.2, 0) is 6.54 Å². The molecule has 0 amide bonds. The van der Waals surface area contributed by atoms with Gasteiger partial charge in [0.1, 0.15) is 11.3 Å². The van der Waals surface area contributed by atoms with Gasteiger partial charge in [0.25, 0.3) is 0 Å². The molecule has 0 radical (unpaired) electrons. The van der Waals surface area contributed by atoms with Crippen molar-refractivity contribution in [3.8, 4) is 0 Å². The van der Waals surface area contributed by atoms with Gasteiger partial charge in [-0.15, -0.1) is 0 Å². The van der Waals surface area contributed by atoms with E-state index in [1.165, 1.54) is 5.56 Å². The Kier molecular flexibility index (Phi) is 3.36. The van der Waals surface area contributed by atoms with Crippen LogP contribution in [0.15, 0.2) is 27.1 Å². The number of hydrogen-bond donors (Lipinski definition) is 1. The van der Waals surface area contributed by atoms with Gasteiger partial charge in [-0.05, 0) is 30.7 Å². The third-order valence-corrected chi connectivity index (χ3v) is 2.96. The molecule has 3 heteroatoms. The topological polar surface area (TPSA) is 25.2 Å². The van der Waals surface area contributed by atoms with Crippen molar-refractivity contribution in [2.75, 3.05) is 0 Å². The zero-order chi connectivity index (χ0) is 11.7. The number of hydrogen-bond acceptors (Lipinski definition) is 2. The first kappa shape index (κ1) is 11.7. The molecule has 0 saturated carbocycles. The van der Waals surface area contributed by atoms with E-state index in [0.29, 0.717) is 6.04 Å². The van der Waals surface area contributed by atoms with E-state index in [1.54, 1.807) is 0 Å². The first-order chi connectivity index (χ1) is 7.56. The number of benzene rings is 1. The molecule has 0 spiro atoms. The summed E-state index contributed by atoms with van der Waals surface area (Å²) in [5, 5.41) is 4.51. The zero-order valence-corrected chi connectivity index (χ0v) is 11.4. The van der Waals surface area contributed by atoms with E-state index in [0.717, 1.165) is 27.7 Å². The van der Waals surface area contributed by atoms with Crippen LogP contribution >= 0.6 is 15.9 Å². The second-order valence-electron chi connectivity index (χ2n) is 4.39. The lowest BCUT2D eigenvalue weighted by atomic mass is 10.2. The van der Waals surface area contributed by atoms with Crippen molar-refractivity contribution in [2.24, 2.45) is 0 Å². The summed E-state index contributed by atoms with van der Waals surface area (Å²) in [5.41, 5.74) is 2.16. The lowest BCUT2D eigenvalue weighted by Gasteiger charge is -2.04. The Labute approximate surface area is 104 Å². The molecule has 1 aromatic carbocycles. The summed E-state index contributed by atoms with van der Waals surface area (Å²) in [6, 6.07) is 6.74. The lowest BCUT2D eigenvalue weighted by Crippen LogP contribution is -2.21. The van der Waals surface area contributed by atoms with Crippen molar-refractivity contribution in [3.63, 3.8) is 0 Å². The predicted molar refractivity (Wildman–Crippen MR) is 70.6 cm³/mol. The normalized spacial score (nSPS) is 11.6. The summed E-state index contributed by atoms with van der Waals surface area (Å²) >= 11 is 3.50. The molecule has 2 rings (SSSR count). The van der Waals surface area contributed by atoms with E-state index in [-0.39, 0.29) is 0 Å². The highest BCUT2D eigenvalue weighted by molar-refractivity contribution is 9.10. The van der Waals surface area contributed by atoms with E-state index < -0.39 is 0 Å². The molecule has 0 atom stereocenters. The van der Waals surface area contributed by atoms with Gasteiger partial charge in [-0.3, -0.25) is 0 Å². The maximum absolute atomic E-state index is 5.82. The Balaban J connectivity index is 2.33. The molecule has 0 fully saturated rings. The van der Waals surface area contributed by atoms with Gasteiger partial charge in [0.15, 0.2) is 0 Å². The maximum Gasteiger partial charge on any atom is 0.137 e. The molecule has 16 heavy (non-hydrogen) atoms. The van der Waals surface area contributed by atoms with E-state index >= 15 is 0 Å². The Bertz CT molecular complexity index is 502. The summed E-state index contributed by atoms with van der Waals surface area (Å²) in [7, 11) is 0. The van der Waals surface area contributed by atoms with Crippen LogP contribution in [-0.4, -0.2) is 6.04 Å². The van der Waals surface area contributed by atoms with Gasteiger partial charge in [-0.2, -0.15) is 0 Å². The predicted octanol–water partition coefficient (Wildman–Crippen LogP) is 4.00. The summed E-state index contributed by atoms with van der Waals surface area (Å²) in [6.45, 7) is 7.11. The lowest BCUT2D eigenvalue weighted by molar-refractivity contribution is 0.487. The Hall–Kier alpha value is -0.800. The number of rotatable bonds is 3. The molecule has 1 heterocycles. The van der Waals surface area contributed by atoms with Crippen molar-refractivity contribution in [3.05, 3.63) is 34.0 Å². The zero-order valence-electron chi connectivity index (χ0n) is 9.80. The maximum atomic E-state index is 5.82. The SMILES string of the molecule is Cc1cc(Br)cc2cc(CNC(C)C)oc12. The number of furan rings is 1. The van der Waals surface area contributed by atoms with Crippen LogP contribution in [0.25, 0.3) is 11.0 Å². The number of halogens is 1. The summed E-state index contributed by atoms with van der Waals surface area (Å²) < 4.78 is 6.92. The average molecular weight is 282 g/mol. The van der Waals surface area contributed by atoms with Crippen molar-refractivity contribution in [2.45, 2.75) is 33.4 Å². The number of fused-ring (bicyclic) bond motifs is 1. The molecule has 1 N–H and O–H groups in total. The summed E-state index contributed by atoms with van der Waals surface area (Å²) in [5.74, 6) is 0.991. The van der Waals surface area contributed by atoms with Crippen LogP contribution in [0.3, 0.4) is 0 Å². The van der Waals surface area contributed by atoms with Crippen molar-refractivity contribution >= 4 is 26.9 Å². The fourth-order valence-corrected chi connectivity index (χ4v) is 2.32. The second kappa shape index (κ2) is 4.60. The molecule has 0 saturated heterocycles. The number of aryl methyl sites for hydroxylation is 1. The Morgan fingerprint density at radius 3 is 2.75 bits per heavy atom. The van der Waals surface area contributed by atoms with Crippen LogP contribution < -0.4 is 5.32 Å². The molecule has 0 bridgehead atoms. The third-order valence-electron chi connectivity index (χ3n) is 2.50. The largest absolute Gasteiger partial charge is 0.459 e. The quantitative estimate of drug-likeness (QED) is 0.920. The van der Waals surface area contributed by atoms with Gasteiger partial charge in [0.2, 0.25) is 0 Å². The van der Waals surface area contributed by atoms with E-state index in [1.807, 2.05) is 0 Å². The molecule has 0 aliphatic rings. The van der Waals surface area contributed by atoms with E-state index in [2.05, 4.69) is 60.2 Å². The van der Waals surface area contributed by atoms with E-state index in [9.17, 15) is 0 Å².